The van der Waals surface area contributed by atoms with E-state index in [1.165, 1.54) is 11.3 Å². The Morgan fingerprint density at radius 3 is 2.40 bits per heavy atom. The summed E-state index contributed by atoms with van der Waals surface area (Å²) in [5.41, 5.74) is 4.78. The van der Waals surface area contributed by atoms with Gasteiger partial charge in [0.05, 0.1) is 32.0 Å². The van der Waals surface area contributed by atoms with Crippen LogP contribution in [0.4, 0.5) is 8.78 Å². The summed E-state index contributed by atoms with van der Waals surface area (Å²) in [6, 6.07) is 7.45. The van der Waals surface area contributed by atoms with Gasteiger partial charge in [-0.15, -0.1) is 11.3 Å². The average Bonchev–Trinajstić information content (AvgIpc) is 3.59. The van der Waals surface area contributed by atoms with Gasteiger partial charge in [-0.3, -0.25) is 13.7 Å². The van der Waals surface area contributed by atoms with E-state index in [0.717, 1.165) is 46.0 Å². The largest absolute Gasteiger partial charge is 0.381 e. The molecule has 0 bridgehead atoms. The summed E-state index contributed by atoms with van der Waals surface area (Å²) in [5.74, 6) is 0.980. The van der Waals surface area contributed by atoms with Crippen molar-refractivity contribution in [2.45, 2.75) is 58.3 Å². The van der Waals surface area contributed by atoms with E-state index in [1.807, 2.05) is 17.6 Å². The number of rotatable bonds is 4. The van der Waals surface area contributed by atoms with E-state index in [2.05, 4.69) is 31.8 Å². The first kappa shape index (κ1) is 26.8. The number of thiazole rings is 1. The predicted molar refractivity (Wildman–Crippen MR) is 155 cm³/mol. The van der Waals surface area contributed by atoms with Gasteiger partial charge in [-0.25, -0.2) is 23.5 Å². The molecule has 3 aromatic heterocycles. The van der Waals surface area contributed by atoms with E-state index >= 15 is 0 Å². The molecule has 0 atom stereocenters. The Kier molecular flexibility index (Phi) is 6.46. The molecule has 0 spiro atoms. The normalized spacial score (nSPS) is 15.2. The molecule has 0 saturated carbocycles. The first-order valence-electron chi connectivity index (χ1n) is 13.5. The highest BCUT2D eigenvalue weighted by Crippen LogP contribution is 2.41. The molecule has 1 aliphatic rings. The zero-order valence-corrected chi connectivity index (χ0v) is 24.4. The van der Waals surface area contributed by atoms with Gasteiger partial charge in [-0.05, 0) is 55.5 Å². The fraction of sp³-hybridized carbons (Fsp3) is 0.433. The Morgan fingerprint density at radius 1 is 1.05 bits per heavy atom. The second-order valence-corrected chi connectivity index (χ2v) is 12.9. The number of ether oxygens (including phenoxy) is 1. The molecule has 10 heteroatoms. The van der Waals surface area contributed by atoms with Crippen molar-refractivity contribution >= 4 is 33.4 Å². The monoisotopic (exact) mass is 565 g/mol. The summed E-state index contributed by atoms with van der Waals surface area (Å²) in [5, 5.41) is 0.818. The van der Waals surface area contributed by atoms with Crippen LogP contribution in [0.5, 0.6) is 0 Å². The zero-order valence-electron chi connectivity index (χ0n) is 23.6. The number of nitrogens with zero attached hydrogens (tertiary/aromatic N) is 5. The maximum absolute atomic E-state index is 14.5. The average molecular weight is 566 g/mol. The number of imidazole rings is 2. The minimum absolute atomic E-state index is 0.0457. The van der Waals surface area contributed by atoms with Crippen LogP contribution in [-0.2, 0) is 24.2 Å². The van der Waals surface area contributed by atoms with E-state index < -0.39 is 6.43 Å². The van der Waals surface area contributed by atoms with Crippen LogP contribution in [-0.4, -0.2) is 36.9 Å². The summed E-state index contributed by atoms with van der Waals surface area (Å²) in [6.45, 7) is 9.41. The van der Waals surface area contributed by atoms with Crippen molar-refractivity contribution in [1.82, 2.24) is 23.7 Å². The molecular weight excluding hydrogens is 532 g/mol. The van der Waals surface area contributed by atoms with Gasteiger partial charge in [0, 0.05) is 55.7 Å². The topological polar surface area (TPSA) is 66.9 Å². The van der Waals surface area contributed by atoms with E-state index in [-0.39, 0.29) is 22.6 Å². The third kappa shape index (κ3) is 4.28. The van der Waals surface area contributed by atoms with Crippen molar-refractivity contribution < 1.29 is 13.5 Å². The van der Waals surface area contributed by atoms with Crippen molar-refractivity contribution in [3.8, 4) is 16.1 Å². The minimum Gasteiger partial charge on any atom is -0.381 e. The van der Waals surface area contributed by atoms with Gasteiger partial charge in [0.1, 0.15) is 5.82 Å². The molecule has 0 N–H and O–H groups in total. The van der Waals surface area contributed by atoms with Crippen LogP contribution < -0.4 is 5.69 Å². The van der Waals surface area contributed by atoms with Crippen LogP contribution in [0, 0.1) is 6.92 Å². The van der Waals surface area contributed by atoms with Gasteiger partial charge in [0.15, 0.2) is 0 Å². The van der Waals surface area contributed by atoms with Crippen molar-refractivity contribution in [1.29, 1.82) is 0 Å². The van der Waals surface area contributed by atoms with Crippen molar-refractivity contribution in [2.75, 3.05) is 13.2 Å². The number of fused-ring (bicyclic) bond motifs is 2. The number of hydrogen-bond donors (Lipinski definition) is 0. The van der Waals surface area contributed by atoms with Crippen LogP contribution in [0.25, 0.3) is 38.2 Å². The number of aryl methyl sites for hydroxylation is 3. The van der Waals surface area contributed by atoms with Crippen LogP contribution >= 0.6 is 11.3 Å². The highest BCUT2D eigenvalue weighted by atomic mass is 32.1. The Labute approximate surface area is 235 Å². The van der Waals surface area contributed by atoms with Crippen molar-refractivity contribution in [2.24, 2.45) is 14.1 Å². The summed E-state index contributed by atoms with van der Waals surface area (Å²) in [6.07, 6.45) is 0.689. The molecule has 210 valence electrons. The molecule has 7 nitrogen and oxygen atoms in total. The summed E-state index contributed by atoms with van der Waals surface area (Å²) >= 11 is 1.39. The second kappa shape index (κ2) is 9.62. The summed E-state index contributed by atoms with van der Waals surface area (Å²) in [7, 11) is 3.58. The summed E-state index contributed by atoms with van der Waals surface area (Å²) in [4.78, 5) is 23.1. The Balaban J connectivity index is 1.69. The maximum atomic E-state index is 14.5. The molecule has 40 heavy (non-hydrogen) atoms. The number of hydrogen-bond acceptors (Lipinski definition) is 5. The molecule has 2 aromatic carbocycles. The van der Waals surface area contributed by atoms with Crippen LogP contribution in [0.15, 0.2) is 35.3 Å². The molecule has 1 saturated heterocycles. The fourth-order valence-corrected chi connectivity index (χ4v) is 6.72. The molecule has 1 fully saturated rings. The highest BCUT2D eigenvalue weighted by molar-refractivity contribution is 7.15. The van der Waals surface area contributed by atoms with E-state index in [4.69, 9.17) is 9.72 Å². The van der Waals surface area contributed by atoms with Crippen LogP contribution in [0.1, 0.15) is 67.9 Å². The molecule has 1 aliphatic heterocycles. The summed E-state index contributed by atoms with van der Waals surface area (Å²) < 4.78 is 40.1. The van der Waals surface area contributed by atoms with E-state index in [0.29, 0.717) is 34.7 Å². The van der Waals surface area contributed by atoms with Gasteiger partial charge in [-0.1, -0.05) is 20.8 Å². The Hall–Kier alpha value is -3.37. The molecule has 6 rings (SSSR count). The Bertz CT molecular complexity index is 1820. The lowest BCUT2D eigenvalue weighted by molar-refractivity contribution is 0.0855. The van der Waals surface area contributed by atoms with Gasteiger partial charge in [0.25, 0.3) is 6.43 Å². The number of alkyl halides is 2. The van der Waals surface area contributed by atoms with Gasteiger partial charge in [-0.2, -0.15) is 0 Å². The lowest BCUT2D eigenvalue weighted by Crippen LogP contribution is -2.20. The third-order valence-corrected chi connectivity index (χ3v) is 8.86. The van der Waals surface area contributed by atoms with Crippen molar-refractivity contribution in [3.05, 3.63) is 62.9 Å². The lowest BCUT2D eigenvalue weighted by Gasteiger charge is -2.25. The number of aromatic nitrogens is 5. The highest BCUT2D eigenvalue weighted by Gasteiger charge is 2.29. The SMILES string of the molecule is Cc1ncc(-c2cc3nc(C(C)(C)C)n(-c4cc(C5CCOCC5)c5c(c4)n(C)c(=O)n5C)c3cc2C(F)F)s1. The smallest absolute Gasteiger partial charge is 0.328 e. The molecule has 0 radical (unpaired) electrons. The molecule has 5 aromatic rings. The van der Waals surface area contributed by atoms with Gasteiger partial charge in [0.2, 0.25) is 0 Å². The fourth-order valence-electron chi connectivity index (χ4n) is 5.90. The van der Waals surface area contributed by atoms with E-state index in [1.54, 1.807) is 41.6 Å². The second-order valence-electron chi connectivity index (χ2n) is 11.7. The Morgan fingerprint density at radius 2 is 1.77 bits per heavy atom. The maximum Gasteiger partial charge on any atom is 0.328 e. The van der Waals surface area contributed by atoms with E-state index in [9.17, 15) is 13.6 Å². The first-order valence-corrected chi connectivity index (χ1v) is 14.3. The molecule has 0 unspecified atom stereocenters. The molecule has 0 amide bonds. The zero-order chi connectivity index (χ0) is 28.5. The quantitative estimate of drug-likeness (QED) is 0.241. The molecular formula is C30H33F2N5O2S. The number of halogens is 2. The predicted octanol–water partition coefficient (Wildman–Crippen LogP) is 6.78. The van der Waals surface area contributed by atoms with Crippen molar-refractivity contribution in [3.63, 3.8) is 0 Å². The van der Waals surface area contributed by atoms with Crippen LogP contribution in [0.2, 0.25) is 0 Å². The minimum atomic E-state index is -2.67. The number of benzene rings is 2. The van der Waals surface area contributed by atoms with Crippen LogP contribution in [0.3, 0.4) is 0 Å². The lowest BCUT2D eigenvalue weighted by atomic mass is 9.90. The molecule has 0 aliphatic carbocycles. The van der Waals surface area contributed by atoms with Gasteiger partial charge < -0.3 is 4.74 Å². The third-order valence-electron chi connectivity index (χ3n) is 7.91. The first-order chi connectivity index (χ1) is 19.0. The van der Waals surface area contributed by atoms with Gasteiger partial charge >= 0.3 is 5.69 Å². The molecule has 4 heterocycles. The standard InChI is InChI=1S/C30H33F2N5O2S/c1-16-33-15-25(40-16)20-13-22-23(14-21(20)27(31)32)37(28(34-22)30(2,3)4)18-11-19(17-7-9-39-10-8-17)26-24(12-18)35(5)29(38)36(26)6/h11-15,17,27H,7-10H2,1-6H3.